The van der Waals surface area contributed by atoms with Crippen LogP contribution < -0.4 is 0 Å². The van der Waals surface area contributed by atoms with Gasteiger partial charge in [-0.15, -0.1) is 0 Å². The van der Waals surface area contributed by atoms with Gasteiger partial charge in [-0.1, -0.05) is 17.3 Å². The topological polar surface area (TPSA) is 98.0 Å². The van der Waals surface area contributed by atoms with Gasteiger partial charge in [0, 0.05) is 23.2 Å². The smallest absolute Gasteiger partial charge is 0.361 e. The second kappa shape index (κ2) is 8.73. The van der Waals surface area contributed by atoms with Gasteiger partial charge in [-0.25, -0.2) is 17.6 Å². The number of carbonyl (C=O) groups excluding carboxylic acids is 1. The molecule has 0 saturated heterocycles. The van der Waals surface area contributed by atoms with Crippen LogP contribution in [-0.2, 0) is 19.4 Å². The molecule has 0 amide bonds. The van der Waals surface area contributed by atoms with Crippen LogP contribution in [0.3, 0.4) is 0 Å². The molecule has 2 aromatic carbocycles. The van der Waals surface area contributed by atoms with E-state index >= 15 is 0 Å². The van der Waals surface area contributed by atoms with Crippen LogP contribution in [0.25, 0.3) is 16.9 Å². The minimum absolute atomic E-state index is 0.107. The van der Waals surface area contributed by atoms with Crippen LogP contribution >= 0.6 is 0 Å². The SMILES string of the molecule is CCOC(=O)/C(=N/O)c1cc(-c2ccc(S(C)(=O)=O)cc2)n(-c2ccc(F)cc2)c1C. The monoisotopic (exact) mass is 444 g/mol. The zero-order valence-electron chi connectivity index (χ0n) is 17.2. The van der Waals surface area contributed by atoms with Crippen LogP contribution in [0.5, 0.6) is 0 Å². The number of benzene rings is 2. The van der Waals surface area contributed by atoms with Crippen molar-refractivity contribution in [1.82, 2.24) is 4.57 Å². The lowest BCUT2D eigenvalue weighted by Crippen LogP contribution is -2.19. The molecule has 162 valence electrons. The Morgan fingerprint density at radius 1 is 1.13 bits per heavy atom. The largest absolute Gasteiger partial charge is 0.461 e. The van der Waals surface area contributed by atoms with E-state index in [9.17, 15) is 22.8 Å². The Hall–Kier alpha value is -3.46. The summed E-state index contributed by atoms with van der Waals surface area (Å²) in [5, 5.41) is 12.6. The average molecular weight is 444 g/mol. The van der Waals surface area contributed by atoms with Crippen LogP contribution in [-0.4, -0.2) is 42.7 Å². The summed E-state index contributed by atoms with van der Waals surface area (Å²) in [6.45, 7) is 3.46. The molecule has 0 atom stereocenters. The number of nitrogens with zero attached hydrogens (tertiary/aromatic N) is 2. The minimum Gasteiger partial charge on any atom is -0.461 e. The van der Waals surface area contributed by atoms with Crippen LogP contribution in [0, 0.1) is 12.7 Å². The average Bonchev–Trinajstić information content (AvgIpc) is 3.06. The van der Waals surface area contributed by atoms with Crippen molar-refractivity contribution in [1.29, 1.82) is 0 Å². The van der Waals surface area contributed by atoms with Crippen molar-refractivity contribution < 1.29 is 27.5 Å². The molecule has 1 N–H and O–H groups in total. The van der Waals surface area contributed by atoms with Crippen molar-refractivity contribution in [3.8, 4) is 16.9 Å². The second-order valence-electron chi connectivity index (χ2n) is 6.81. The van der Waals surface area contributed by atoms with Crippen molar-refractivity contribution in [2.24, 2.45) is 5.16 Å². The van der Waals surface area contributed by atoms with E-state index in [1.807, 2.05) is 0 Å². The van der Waals surface area contributed by atoms with Crippen molar-refractivity contribution in [2.75, 3.05) is 12.9 Å². The Balaban J connectivity index is 2.24. The number of rotatable bonds is 6. The van der Waals surface area contributed by atoms with Gasteiger partial charge in [0.25, 0.3) is 0 Å². The summed E-state index contributed by atoms with van der Waals surface area (Å²) in [6, 6.07) is 13.6. The minimum atomic E-state index is -3.37. The van der Waals surface area contributed by atoms with E-state index in [1.54, 1.807) is 48.7 Å². The summed E-state index contributed by atoms with van der Waals surface area (Å²) < 4.78 is 43.8. The summed E-state index contributed by atoms with van der Waals surface area (Å²) in [4.78, 5) is 12.4. The predicted octanol–water partition coefficient (Wildman–Crippen LogP) is 3.74. The molecule has 0 fully saturated rings. The number of sulfone groups is 1. The molecule has 31 heavy (non-hydrogen) atoms. The molecule has 1 heterocycles. The van der Waals surface area contributed by atoms with Crippen LogP contribution in [0.2, 0.25) is 0 Å². The summed E-state index contributed by atoms with van der Waals surface area (Å²) in [5.74, 6) is -1.19. The van der Waals surface area contributed by atoms with Gasteiger partial charge in [0.15, 0.2) is 15.5 Å². The quantitative estimate of drug-likeness (QED) is 0.270. The number of carbonyl (C=O) groups is 1. The number of ether oxygens (including phenoxy) is 1. The molecule has 9 heteroatoms. The standard InChI is InChI=1S/C22H21FN2O5S/c1-4-30-22(26)21(24-27)19-13-20(15-5-11-18(12-6-15)31(3,28)29)25(14(19)2)17-9-7-16(23)8-10-17/h5-13,27H,4H2,1-3H3/b24-21+. The van der Waals surface area contributed by atoms with E-state index < -0.39 is 21.6 Å². The fraction of sp³-hybridized carbons (Fsp3) is 0.182. The number of esters is 1. The summed E-state index contributed by atoms with van der Waals surface area (Å²) in [6.07, 6.45) is 1.12. The molecule has 0 unspecified atom stereocenters. The number of oxime groups is 1. The molecule has 1 aromatic heterocycles. The first-order chi connectivity index (χ1) is 14.7. The van der Waals surface area contributed by atoms with Crippen LogP contribution in [0.4, 0.5) is 4.39 Å². The predicted molar refractivity (Wildman–Crippen MR) is 114 cm³/mol. The highest BCUT2D eigenvalue weighted by Gasteiger charge is 2.24. The molecular formula is C22H21FN2O5S. The van der Waals surface area contributed by atoms with Gasteiger partial charge >= 0.3 is 5.97 Å². The zero-order chi connectivity index (χ0) is 22.8. The van der Waals surface area contributed by atoms with E-state index in [2.05, 4.69) is 5.16 Å². The van der Waals surface area contributed by atoms with E-state index in [0.29, 0.717) is 28.2 Å². The number of hydrogen-bond acceptors (Lipinski definition) is 6. The number of hydrogen-bond donors (Lipinski definition) is 1. The fourth-order valence-corrected chi connectivity index (χ4v) is 3.89. The van der Waals surface area contributed by atoms with E-state index in [-0.39, 0.29) is 17.2 Å². The lowest BCUT2D eigenvalue weighted by atomic mass is 10.1. The normalized spacial score (nSPS) is 12.1. The Morgan fingerprint density at radius 3 is 2.26 bits per heavy atom. The molecule has 0 aliphatic rings. The highest BCUT2D eigenvalue weighted by Crippen LogP contribution is 2.31. The summed E-state index contributed by atoms with van der Waals surface area (Å²) in [7, 11) is -3.37. The zero-order valence-corrected chi connectivity index (χ0v) is 18.0. The van der Waals surface area contributed by atoms with Crippen molar-refractivity contribution in [3.05, 3.63) is 71.7 Å². The molecule has 3 aromatic rings. The number of aromatic nitrogens is 1. The maximum absolute atomic E-state index is 13.5. The molecule has 0 aliphatic carbocycles. The molecule has 7 nitrogen and oxygen atoms in total. The first-order valence-corrected chi connectivity index (χ1v) is 11.2. The third-order valence-electron chi connectivity index (χ3n) is 4.73. The van der Waals surface area contributed by atoms with Crippen LogP contribution in [0.1, 0.15) is 18.2 Å². The summed E-state index contributed by atoms with van der Waals surface area (Å²) >= 11 is 0. The molecule has 0 spiro atoms. The first kappa shape index (κ1) is 22.2. The maximum atomic E-state index is 13.5. The highest BCUT2D eigenvalue weighted by atomic mass is 32.2. The highest BCUT2D eigenvalue weighted by molar-refractivity contribution is 7.90. The molecule has 0 bridgehead atoms. The lowest BCUT2D eigenvalue weighted by molar-refractivity contribution is -0.135. The van der Waals surface area contributed by atoms with Gasteiger partial charge in [0.1, 0.15) is 5.82 Å². The molecular weight excluding hydrogens is 423 g/mol. The van der Waals surface area contributed by atoms with Gasteiger partial charge in [-0.05, 0) is 61.9 Å². The fourth-order valence-electron chi connectivity index (χ4n) is 3.26. The van der Waals surface area contributed by atoms with E-state index in [1.165, 1.54) is 24.3 Å². The van der Waals surface area contributed by atoms with Gasteiger partial charge in [-0.3, -0.25) is 0 Å². The Kier molecular flexibility index (Phi) is 6.26. The van der Waals surface area contributed by atoms with Crippen molar-refractivity contribution >= 4 is 21.5 Å². The van der Waals surface area contributed by atoms with E-state index in [0.717, 1.165) is 6.26 Å². The first-order valence-electron chi connectivity index (χ1n) is 9.35. The third-order valence-corrected chi connectivity index (χ3v) is 5.86. The molecule has 0 radical (unpaired) electrons. The third kappa shape index (κ3) is 4.51. The van der Waals surface area contributed by atoms with Gasteiger partial charge in [-0.2, -0.15) is 0 Å². The van der Waals surface area contributed by atoms with E-state index in [4.69, 9.17) is 4.74 Å². The Morgan fingerprint density at radius 2 is 1.74 bits per heavy atom. The molecule has 0 saturated carbocycles. The van der Waals surface area contributed by atoms with Crippen molar-refractivity contribution in [3.63, 3.8) is 0 Å². The van der Waals surface area contributed by atoms with Gasteiger partial charge in [0.2, 0.25) is 0 Å². The van der Waals surface area contributed by atoms with Gasteiger partial charge < -0.3 is 14.5 Å². The van der Waals surface area contributed by atoms with Crippen molar-refractivity contribution in [2.45, 2.75) is 18.7 Å². The Bertz CT molecular complexity index is 1240. The Labute approximate surface area is 179 Å². The van der Waals surface area contributed by atoms with Crippen LogP contribution in [0.15, 0.2) is 64.6 Å². The second-order valence-corrected chi connectivity index (χ2v) is 8.82. The lowest BCUT2D eigenvalue weighted by Gasteiger charge is -2.13. The molecule has 0 aliphatic heterocycles. The van der Waals surface area contributed by atoms with Gasteiger partial charge in [0.05, 0.1) is 17.2 Å². The summed E-state index contributed by atoms with van der Waals surface area (Å²) in [5.41, 5.74) is 2.45. The molecule has 3 rings (SSSR count). The maximum Gasteiger partial charge on any atom is 0.361 e. The number of halogens is 1.